The van der Waals surface area contributed by atoms with E-state index in [1.807, 2.05) is 0 Å². The van der Waals surface area contributed by atoms with Gasteiger partial charge in [-0.25, -0.2) is 25.6 Å². The summed E-state index contributed by atoms with van der Waals surface area (Å²) in [6.07, 6.45) is 1.06. The van der Waals surface area contributed by atoms with E-state index >= 15 is 0 Å². The first-order chi connectivity index (χ1) is 12.8. The normalized spacial score (nSPS) is 16.5. The number of aliphatic hydroxyl groups excluding tert-OH is 1. The van der Waals surface area contributed by atoms with Gasteiger partial charge in [-0.3, -0.25) is 0 Å². The lowest BCUT2D eigenvalue weighted by Crippen LogP contribution is -2.14. The molecule has 0 saturated heterocycles. The van der Waals surface area contributed by atoms with Crippen molar-refractivity contribution in [3.8, 4) is 11.3 Å². The van der Waals surface area contributed by atoms with E-state index in [1.54, 1.807) is 0 Å². The summed E-state index contributed by atoms with van der Waals surface area (Å²) in [5.41, 5.74) is 0.761. The van der Waals surface area contributed by atoms with Gasteiger partial charge in [0.25, 0.3) is 10.0 Å². The molecule has 0 bridgehead atoms. The smallest absolute Gasteiger partial charge is 0.268 e. The molecule has 0 amide bonds. The molecule has 1 aliphatic rings. The molecule has 0 aliphatic heterocycles. The number of hydrogen-bond acceptors (Lipinski definition) is 3. The molecule has 0 spiro atoms. The van der Waals surface area contributed by atoms with Crippen molar-refractivity contribution in [2.45, 2.75) is 23.8 Å². The van der Waals surface area contributed by atoms with E-state index < -0.39 is 33.6 Å². The molecule has 140 valence electrons. The van der Waals surface area contributed by atoms with E-state index in [0.29, 0.717) is 30.0 Å². The number of fused-ring (bicyclic) bond motifs is 1. The maximum Gasteiger partial charge on any atom is 0.268 e. The van der Waals surface area contributed by atoms with Crippen LogP contribution in [-0.2, 0) is 16.4 Å². The Morgan fingerprint density at radius 2 is 1.78 bits per heavy atom. The predicted octanol–water partition coefficient (Wildman–Crippen LogP) is 3.79. The molecule has 1 heterocycles. The molecule has 4 nitrogen and oxygen atoms in total. The Balaban J connectivity index is 2.01. The van der Waals surface area contributed by atoms with Crippen LogP contribution in [-0.4, -0.2) is 17.5 Å². The molecular formula is C19H14F3NO3S. The van der Waals surface area contributed by atoms with E-state index in [2.05, 4.69) is 0 Å². The number of rotatable bonds is 3. The highest BCUT2D eigenvalue weighted by molar-refractivity contribution is 7.90. The Kier molecular flexibility index (Phi) is 4.12. The third-order valence-electron chi connectivity index (χ3n) is 4.68. The summed E-state index contributed by atoms with van der Waals surface area (Å²) in [7, 11) is -4.26. The first-order valence-corrected chi connectivity index (χ1v) is 9.62. The highest BCUT2D eigenvalue weighted by atomic mass is 32.2. The van der Waals surface area contributed by atoms with Crippen LogP contribution in [0.2, 0.25) is 0 Å². The summed E-state index contributed by atoms with van der Waals surface area (Å²) in [6.45, 7) is 0. The van der Waals surface area contributed by atoms with Crippen LogP contribution < -0.4 is 0 Å². The number of hydrogen-bond donors (Lipinski definition) is 1. The van der Waals surface area contributed by atoms with E-state index in [4.69, 9.17) is 0 Å². The molecule has 4 rings (SSSR count). The van der Waals surface area contributed by atoms with Gasteiger partial charge in [-0.15, -0.1) is 0 Å². The van der Waals surface area contributed by atoms with Crippen molar-refractivity contribution in [3.05, 3.63) is 77.2 Å². The summed E-state index contributed by atoms with van der Waals surface area (Å²) in [5.74, 6) is -2.45. The SMILES string of the molecule is O=S(=O)(c1cccc(F)c1)n1cc2c(c1-c1ccc(F)cc1F)CCC2O. The van der Waals surface area contributed by atoms with Gasteiger partial charge in [0.15, 0.2) is 0 Å². The van der Waals surface area contributed by atoms with Crippen LogP contribution in [0.3, 0.4) is 0 Å². The molecule has 8 heteroatoms. The molecule has 3 aromatic rings. The van der Waals surface area contributed by atoms with Crippen LogP contribution in [0.1, 0.15) is 23.7 Å². The Bertz CT molecular complexity index is 1160. The van der Waals surface area contributed by atoms with Gasteiger partial charge in [-0.2, -0.15) is 0 Å². The van der Waals surface area contributed by atoms with Gasteiger partial charge in [0.2, 0.25) is 0 Å². The molecule has 0 fully saturated rings. The topological polar surface area (TPSA) is 59.3 Å². The van der Waals surface area contributed by atoms with Crippen LogP contribution in [0.25, 0.3) is 11.3 Å². The lowest BCUT2D eigenvalue weighted by atomic mass is 10.1. The summed E-state index contributed by atoms with van der Waals surface area (Å²) >= 11 is 0. The monoisotopic (exact) mass is 393 g/mol. The fourth-order valence-corrected chi connectivity index (χ4v) is 4.86. The second-order valence-corrected chi connectivity index (χ2v) is 8.16. The third-order valence-corrected chi connectivity index (χ3v) is 6.33. The van der Waals surface area contributed by atoms with Crippen LogP contribution in [0, 0.1) is 17.5 Å². The van der Waals surface area contributed by atoms with Crippen molar-refractivity contribution in [1.29, 1.82) is 0 Å². The van der Waals surface area contributed by atoms with Gasteiger partial charge in [0.1, 0.15) is 17.5 Å². The van der Waals surface area contributed by atoms with Crippen molar-refractivity contribution in [2.24, 2.45) is 0 Å². The maximum atomic E-state index is 14.4. The Hall–Kier alpha value is -2.58. The van der Waals surface area contributed by atoms with E-state index in [0.717, 1.165) is 28.2 Å². The highest BCUT2D eigenvalue weighted by Crippen LogP contribution is 2.41. The number of nitrogens with zero attached hydrogens (tertiary/aromatic N) is 1. The van der Waals surface area contributed by atoms with Crippen molar-refractivity contribution in [2.75, 3.05) is 0 Å². The van der Waals surface area contributed by atoms with Crippen molar-refractivity contribution in [3.63, 3.8) is 0 Å². The fourth-order valence-electron chi connectivity index (χ4n) is 3.42. The average molecular weight is 393 g/mol. The molecule has 27 heavy (non-hydrogen) atoms. The van der Waals surface area contributed by atoms with Gasteiger partial charge >= 0.3 is 0 Å². The number of benzene rings is 2. The molecule has 0 radical (unpaired) electrons. The zero-order chi connectivity index (χ0) is 19.3. The zero-order valence-electron chi connectivity index (χ0n) is 13.9. The summed E-state index contributed by atoms with van der Waals surface area (Å²) in [6, 6.07) is 7.31. The van der Waals surface area contributed by atoms with E-state index in [9.17, 15) is 26.7 Å². The molecule has 1 aromatic heterocycles. The second-order valence-electron chi connectivity index (χ2n) is 6.35. The minimum absolute atomic E-state index is 0.0170. The molecular weight excluding hydrogens is 379 g/mol. The van der Waals surface area contributed by atoms with Gasteiger partial charge in [0.05, 0.1) is 16.7 Å². The lowest BCUT2D eigenvalue weighted by Gasteiger charge is -2.13. The highest BCUT2D eigenvalue weighted by Gasteiger charge is 2.33. The van der Waals surface area contributed by atoms with Crippen molar-refractivity contribution >= 4 is 10.0 Å². The minimum Gasteiger partial charge on any atom is -0.388 e. The summed E-state index contributed by atoms with van der Waals surface area (Å²) in [5, 5.41) is 10.1. The van der Waals surface area contributed by atoms with Crippen molar-refractivity contribution < 1.29 is 26.7 Å². The lowest BCUT2D eigenvalue weighted by molar-refractivity contribution is 0.179. The minimum atomic E-state index is -4.26. The Morgan fingerprint density at radius 1 is 1.04 bits per heavy atom. The van der Waals surface area contributed by atoms with Crippen molar-refractivity contribution in [1.82, 2.24) is 3.97 Å². The van der Waals surface area contributed by atoms with E-state index in [-0.39, 0.29) is 16.2 Å². The molecule has 1 aliphatic carbocycles. The molecule has 1 unspecified atom stereocenters. The predicted molar refractivity (Wildman–Crippen MR) is 92.0 cm³/mol. The molecule has 1 atom stereocenters. The fraction of sp³-hybridized carbons (Fsp3) is 0.158. The first-order valence-electron chi connectivity index (χ1n) is 8.18. The number of aliphatic hydroxyl groups is 1. The van der Waals surface area contributed by atoms with Gasteiger partial charge in [-0.1, -0.05) is 6.07 Å². The van der Waals surface area contributed by atoms with Gasteiger partial charge < -0.3 is 5.11 Å². The average Bonchev–Trinajstić information content (AvgIpc) is 3.16. The molecule has 0 saturated carbocycles. The van der Waals surface area contributed by atoms with Gasteiger partial charge in [-0.05, 0) is 48.7 Å². The number of halogens is 3. The first kappa shape index (κ1) is 17.8. The van der Waals surface area contributed by atoms with Gasteiger partial charge in [0, 0.05) is 23.4 Å². The summed E-state index contributed by atoms with van der Waals surface area (Å²) in [4.78, 5) is -0.311. The van der Waals surface area contributed by atoms with Crippen LogP contribution in [0.4, 0.5) is 13.2 Å². The quantitative estimate of drug-likeness (QED) is 0.737. The zero-order valence-corrected chi connectivity index (χ0v) is 14.7. The second kappa shape index (κ2) is 6.24. The largest absolute Gasteiger partial charge is 0.388 e. The summed E-state index contributed by atoms with van der Waals surface area (Å²) < 4.78 is 68.3. The Labute approximate surface area is 153 Å². The van der Waals surface area contributed by atoms with Crippen LogP contribution in [0.15, 0.2) is 53.6 Å². The molecule has 2 aromatic carbocycles. The van der Waals surface area contributed by atoms with Crippen LogP contribution in [0.5, 0.6) is 0 Å². The van der Waals surface area contributed by atoms with E-state index in [1.165, 1.54) is 18.3 Å². The molecule has 1 N–H and O–H groups in total. The Morgan fingerprint density at radius 3 is 2.48 bits per heavy atom. The maximum absolute atomic E-state index is 14.4. The standard InChI is InChI=1S/C19H14F3NO3S/c20-11-2-1-3-13(8-11)27(25,26)23-10-16-14(6-7-18(16)24)19(23)15-5-4-12(21)9-17(15)22/h1-5,8-10,18,24H,6-7H2. The third kappa shape index (κ3) is 2.85. The number of aromatic nitrogens is 1. The van der Waals surface area contributed by atoms with Crippen LogP contribution >= 0.6 is 0 Å².